The fourth-order valence-corrected chi connectivity index (χ4v) is 3.70. The lowest BCUT2D eigenvalue weighted by Crippen LogP contribution is -2.45. The van der Waals surface area contributed by atoms with Gasteiger partial charge in [-0.15, -0.1) is 0 Å². The van der Waals surface area contributed by atoms with Gasteiger partial charge in [-0.2, -0.15) is 0 Å². The first-order chi connectivity index (χ1) is 14.8. The van der Waals surface area contributed by atoms with Crippen LogP contribution in [0.15, 0.2) is 18.2 Å². The molecule has 31 heavy (non-hydrogen) atoms. The molecule has 0 amide bonds. The van der Waals surface area contributed by atoms with Crippen molar-refractivity contribution in [2.75, 3.05) is 40.5 Å². The highest BCUT2D eigenvalue weighted by molar-refractivity contribution is 6.30. The lowest BCUT2D eigenvalue weighted by atomic mass is 9.91. The normalized spacial score (nSPS) is 18.6. The second-order valence-electron chi connectivity index (χ2n) is 7.40. The molecule has 2 atom stereocenters. The fourth-order valence-electron chi connectivity index (χ4n) is 3.48. The first-order valence-electron chi connectivity index (χ1n) is 10.5. The maximum absolute atomic E-state index is 9.10. The van der Waals surface area contributed by atoms with Crippen molar-refractivity contribution in [3.05, 3.63) is 23.2 Å². The van der Waals surface area contributed by atoms with E-state index in [1.165, 1.54) is 38.8 Å². The number of ether oxygens (including phenoxy) is 3. The van der Waals surface area contributed by atoms with E-state index in [4.69, 9.17) is 45.6 Å². The molecule has 0 bridgehead atoms. The Morgan fingerprint density at radius 3 is 2.39 bits per heavy atom. The maximum Gasteiger partial charge on any atom is 0.414 e. The van der Waals surface area contributed by atoms with Gasteiger partial charge in [0, 0.05) is 24.7 Å². The van der Waals surface area contributed by atoms with Crippen LogP contribution in [0.1, 0.15) is 39.0 Å². The fraction of sp³-hybridized carbons (Fsp3) is 0.636. The molecule has 1 aliphatic rings. The number of rotatable bonds is 10. The van der Waals surface area contributed by atoms with E-state index < -0.39 is 11.9 Å². The molecule has 1 heterocycles. The van der Waals surface area contributed by atoms with Gasteiger partial charge in [0.2, 0.25) is 0 Å². The molecule has 8 nitrogen and oxygen atoms in total. The Labute approximate surface area is 189 Å². The van der Waals surface area contributed by atoms with Crippen molar-refractivity contribution in [1.82, 2.24) is 4.90 Å². The Morgan fingerprint density at radius 1 is 1.13 bits per heavy atom. The van der Waals surface area contributed by atoms with Crippen LogP contribution in [0.5, 0.6) is 11.5 Å². The standard InChI is InChI=1S/C20H32ClNO3.C2H2O4/c1-4-5-6-9-22-10-7-16(20(15-22)24-3)8-11-25-19-13-17(21)12-18(14-19)23-2;3-1(4)2(5)6/h12-14,16,20H,4-11,15H2,1-3H3;(H,3,4)(H,5,6)/t16-,20-;/m0./s1. The van der Waals surface area contributed by atoms with Crippen molar-refractivity contribution >= 4 is 23.5 Å². The predicted molar refractivity (Wildman–Crippen MR) is 118 cm³/mol. The number of benzene rings is 1. The average Bonchev–Trinajstić information content (AvgIpc) is 2.74. The minimum Gasteiger partial charge on any atom is -0.497 e. The van der Waals surface area contributed by atoms with Gasteiger partial charge in [0.15, 0.2) is 0 Å². The van der Waals surface area contributed by atoms with Crippen LogP contribution in [0.3, 0.4) is 0 Å². The van der Waals surface area contributed by atoms with Crippen molar-refractivity contribution in [2.24, 2.45) is 5.92 Å². The second-order valence-corrected chi connectivity index (χ2v) is 7.84. The molecule has 1 aromatic carbocycles. The zero-order chi connectivity index (χ0) is 23.2. The molecule has 0 radical (unpaired) electrons. The molecule has 0 aliphatic carbocycles. The molecule has 2 rings (SSSR count). The summed E-state index contributed by atoms with van der Waals surface area (Å²) in [6.45, 7) is 6.32. The number of piperidine rings is 1. The summed E-state index contributed by atoms with van der Waals surface area (Å²) in [5.74, 6) is -1.62. The Hall–Kier alpha value is -2.03. The number of nitrogens with zero attached hydrogens (tertiary/aromatic N) is 1. The smallest absolute Gasteiger partial charge is 0.414 e. The van der Waals surface area contributed by atoms with Crippen LogP contribution in [-0.2, 0) is 14.3 Å². The van der Waals surface area contributed by atoms with Crippen molar-refractivity contribution in [3.63, 3.8) is 0 Å². The zero-order valence-electron chi connectivity index (χ0n) is 18.5. The van der Waals surface area contributed by atoms with Gasteiger partial charge in [0.05, 0.1) is 19.8 Å². The summed E-state index contributed by atoms with van der Waals surface area (Å²) < 4.78 is 16.9. The Kier molecular flexibility index (Phi) is 13.0. The molecular weight excluding hydrogens is 426 g/mol. The van der Waals surface area contributed by atoms with Gasteiger partial charge in [0.25, 0.3) is 0 Å². The monoisotopic (exact) mass is 459 g/mol. The molecule has 9 heteroatoms. The van der Waals surface area contributed by atoms with Gasteiger partial charge in [-0.3, -0.25) is 0 Å². The van der Waals surface area contributed by atoms with Gasteiger partial charge >= 0.3 is 11.9 Å². The SMILES string of the molecule is CCCCCN1CC[C@@H](CCOc2cc(Cl)cc(OC)c2)[C@@H](OC)C1.O=C(O)C(=O)O. The topological polar surface area (TPSA) is 106 Å². The van der Waals surface area contributed by atoms with Gasteiger partial charge in [-0.25, -0.2) is 9.59 Å². The third kappa shape index (κ3) is 10.7. The number of unbranched alkanes of at least 4 members (excludes halogenated alkanes) is 2. The first-order valence-corrected chi connectivity index (χ1v) is 10.9. The number of carbonyl (C=O) groups is 2. The molecule has 0 unspecified atom stereocenters. The number of hydrogen-bond donors (Lipinski definition) is 2. The average molecular weight is 460 g/mol. The summed E-state index contributed by atoms with van der Waals surface area (Å²) in [4.78, 5) is 20.7. The maximum atomic E-state index is 9.10. The van der Waals surface area contributed by atoms with Crippen LogP contribution in [0.2, 0.25) is 5.02 Å². The highest BCUT2D eigenvalue weighted by Crippen LogP contribution is 2.27. The molecule has 0 aromatic heterocycles. The van der Waals surface area contributed by atoms with E-state index in [1.54, 1.807) is 13.2 Å². The van der Waals surface area contributed by atoms with Crippen molar-refractivity contribution in [2.45, 2.75) is 45.1 Å². The number of carboxylic acids is 2. The molecule has 0 spiro atoms. The minimum atomic E-state index is -1.82. The summed E-state index contributed by atoms with van der Waals surface area (Å²) in [7, 11) is 3.46. The lowest BCUT2D eigenvalue weighted by molar-refractivity contribution is -0.159. The molecule has 1 aliphatic heterocycles. The molecule has 176 valence electrons. The van der Waals surface area contributed by atoms with Gasteiger partial charge in [0.1, 0.15) is 11.5 Å². The number of carboxylic acid groups (broad SMARTS) is 2. The third-order valence-corrected chi connectivity index (χ3v) is 5.40. The number of aliphatic carboxylic acids is 2. The highest BCUT2D eigenvalue weighted by atomic mass is 35.5. The van der Waals surface area contributed by atoms with Gasteiger partial charge < -0.3 is 29.3 Å². The quantitative estimate of drug-likeness (QED) is 0.402. The van der Waals surface area contributed by atoms with Crippen molar-refractivity contribution in [3.8, 4) is 11.5 Å². The van der Waals surface area contributed by atoms with Crippen molar-refractivity contribution in [1.29, 1.82) is 0 Å². The minimum absolute atomic E-state index is 0.299. The molecule has 1 saturated heterocycles. The summed E-state index contributed by atoms with van der Waals surface area (Å²) in [6.07, 6.45) is 6.35. The first kappa shape index (κ1) is 27.0. The molecule has 1 fully saturated rings. The molecule has 1 aromatic rings. The van der Waals surface area contributed by atoms with E-state index in [2.05, 4.69) is 11.8 Å². The van der Waals surface area contributed by atoms with Crippen LogP contribution >= 0.6 is 11.6 Å². The number of methoxy groups -OCH3 is 2. The van der Waals surface area contributed by atoms with Crippen LogP contribution in [0.4, 0.5) is 0 Å². The number of halogens is 1. The highest BCUT2D eigenvalue weighted by Gasteiger charge is 2.28. The van der Waals surface area contributed by atoms with Crippen molar-refractivity contribution < 1.29 is 34.0 Å². The van der Waals surface area contributed by atoms with Crippen LogP contribution < -0.4 is 9.47 Å². The Morgan fingerprint density at radius 2 is 1.81 bits per heavy atom. The largest absolute Gasteiger partial charge is 0.497 e. The summed E-state index contributed by atoms with van der Waals surface area (Å²) >= 11 is 6.08. The second kappa shape index (κ2) is 14.9. The predicted octanol–water partition coefficient (Wildman–Crippen LogP) is 3.80. The Bertz CT molecular complexity index is 674. The van der Waals surface area contributed by atoms with E-state index in [0.717, 1.165) is 24.5 Å². The molecular formula is C22H34ClNO7. The van der Waals surface area contributed by atoms with E-state index in [9.17, 15) is 0 Å². The lowest BCUT2D eigenvalue weighted by Gasteiger charge is -2.37. The van der Waals surface area contributed by atoms with Gasteiger partial charge in [-0.1, -0.05) is 31.4 Å². The van der Waals surface area contributed by atoms with Crippen LogP contribution in [0, 0.1) is 5.92 Å². The number of hydrogen-bond acceptors (Lipinski definition) is 6. The van der Waals surface area contributed by atoms with E-state index in [-0.39, 0.29) is 0 Å². The zero-order valence-corrected chi connectivity index (χ0v) is 19.3. The summed E-state index contributed by atoms with van der Waals surface area (Å²) in [5, 5.41) is 15.4. The summed E-state index contributed by atoms with van der Waals surface area (Å²) in [5.41, 5.74) is 0. The molecule has 0 saturated carbocycles. The van der Waals surface area contributed by atoms with Crippen LogP contribution in [0.25, 0.3) is 0 Å². The Balaban J connectivity index is 0.000000703. The molecule has 2 N–H and O–H groups in total. The summed E-state index contributed by atoms with van der Waals surface area (Å²) in [6, 6.07) is 5.48. The van der Waals surface area contributed by atoms with E-state index in [0.29, 0.717) is 23.7 Å². The number of likely N-dealkylation sites (tertiary alicyclic amines) is 1. The van der Waals surface area contributed by atoms with Gasteiger partial charge in [-0.05, 0) is 50.4 Å². The van der Waals surface area contributed by atoms with Crippen LogP contribution in [-0.4, -0.2) is 73.6 Å². The van der Waals surface area contributed by atoms with E-state index >= 15 is 0 Å². The third-order valence-electron chi connectivity index (χ3n) is 5.18. The van der Waals surface area contributed by atoms with E-state index in [1.807, 2.05) is 19.2 Å².